The van der Waals surface area contributed by atoms with Crippen LogP contribution in [0, 0.1) is 0 Å². The Bertz CT molecular complexity index is 450. The average molecular weight is 260 g/mol. The van der Waals surface area contributed by atoms with E-state index in [-0.39, 0.29) is 11.9 Å². The summed E-state index contributed by atoms with van der Waals surface area (Å²) in [6.07, 6.45) is 5.38. The topological polar surface area (TPSA) is 71.2 Å². The third-order valence-corrected chi connectivity index (χ3v) is 4.04. The van der Waals surface area contributed by atoms with Crippen molar-refractivity contribution in [1.29, 1.82) is 0 Å². The molecule has 1 aromatic rings. The fraction of sp³-hybridized carbons (Fsp3) is 0.571. The molecule has 1 amide bonds. The molecular formula is C14H20N4O. The van der Waals surface area contributed by atoms with E-state index in [2.05, 4.69) is 15.2 Å². The van der Waals surface area contributed by atoms with Gasteiger partial charge in [-0.2, -0.15) is 0 Å². The van der Waals surface area contributed by atoms with E-state index in [1.807, 2.05) is 24.4 Å². The molecule has 5 heteroatoms. The molecule has 1 aliphatic carbocycles. The Labute approximate surface area is 113 Å². The molecule has 102 valence electrons. The Morgan fingerprint density at radius 1 is 1.37 bits per heavy atom. The monoisotopic (exact) mass is 260 g/mol. The second-order valence-electron chi connectivity index (χ2n) is 5.58. The lowest BCUT2D eigenvalue weighted by molar-refractivity contribution is -0.124. The number of aromatic nitrogens is 1. The van der Waals surface area contributed by atoms with Gasteiger partial charge in [-0.25, -0.2) is 4.98 Å². The van der Waals surface area contributed by atoms with Gasteiger partial charge in [-0.1, -0.05) is 6.07 Å². The summed E-state index contributed by atoms with van der Waals surface area (Å²) in [6.45, 7) is 1.86. The van der Waals surface area contributed by atoms with Crippen molar-refractivity contribution in [1.82, 2.24) is 10.3 Å². The number of rotatable bonds is 3. The second-order valence-corrected chi connectivity index (χ2v) is 5.58. The van der Waals surface area contributed by atoms with Crippen molar-refractivity contribution in [2.45, 2.75) is 37.3 Å². The fourth-order valence-electron chi connectivity index (χ4n) is 2.48. The number of amides is 1. The molecule has 2 heterocycles. The number of anilines is 1. The van der Waals surface area contributed by atoms with Crippen LogP contribution in [0.5, 0.6) is 0 Å². The smallest absolute Gasteiger partial charge is 0.240 e. The Balaban J connectivity index is 1.51. The molecule has 0 radical (unpaired) electrons. The van der Waals surface area contributed by atoms with Gasteiger partial charge < -0.3 is 16.0 Å². The lowest BCUT2D eigenvalue weighted by Crippen LogP contribution is -2.50. The van der Waals surface area contributed by atoms with Gasteiger partial charge in [-0.15, -0.1) is 0 Å². The summed E-state index contributed by atoms with van der Waals surface area (Å²) in [4.78, 5) is 18.5. The summed E-state index contributed by atoms with van der Waals surface area (Å²) >= 11 is 0. The summed E-state index contributed by atoms with van der Waals surface area (Å²) in [5, 5.41) is 3.08. The van der Waals surface area contributed by atoms with Crippen molar-refractivity contribution in [3.8, 4) is 0 Å². The van der Waals surface area contributed by atoms with Crippen molar-refractivity contribution in [3.05, 3.63) is 24.4 Å². The molecular weight excluding hydrogens is 240 g/mol. The third-order valence-electron chi connectivity index (χ3n) is 4.04. The highest BCUT2D eigenvalue weighted by atomic mass is 16.2. The van der Waals surface area contributed by atoms with E-state index in [1.165, 1.54) is 0 Å². The maximum absolute atomic E-state index is 11.9. The van der Waals surface area contributed by atoms with Crippen LogP contribution in [0.1, 0.15) is 25.7 Å². The first-order valence-corrected chi connectivity index (χ1v) is 6.93. The van der Waals surface area contributed by atoms with E-state index < -0.39 is 5.54 Å². The van der Waals surface area contributed by atoms with Crippen LogP contribution in [-0.2, 0) is 4.79 Å². The van der Waals surface area contributed by atoms with E-state index in [1.54, 1.807) is 0 Å². The van der Waals surface area contributed by atoms with Crippen LogP contribution >= 0.6 is 0 Å². The maximum Gasteiger partial charge on any atom is 0.240 e. The molecule has 2 aliphatic rings. The zero-order valence-electron chi connectivity index (χ0n) is 11.0. The van der Waals surface area contributed by atoms with Crippen molar-refractivity contribution in [2.24, 2.45) is 5.73 Å². The molecule has 5 nitrogen and oxygen atoms in total. The van der Waals surface area contributed by atoms with E-state index in [0.29, 0.717) is 0 Å². The molecule has 19 heavy (non-hydrogen) atoms. The lowest BCUT2D eigenvalue weighted by atomic mass is 10.0. The zero-order chi connectivity index (χ0) is 13.3. The van der Waals surface area contributed by atoms with Crippen LogP contribution in [0.15, 0.2) is 24.4 Å². The van der Waals surface area contributed by atoms with Crippen LogP contribution in [0.2, 0.25) is 0 Å². The number of nitrogens with zero attached hydrogens (tertiary/aromatic N) is 2. The van der Waals surface area contributed by atoms with Crippen LogP contribution in [0.4, 0.5) is 5.82 Å². The fourth-order valence-corrected chi connectivity index (χ4v) is 2.48. The number of carbonyl (C=O) groups is 1. The van der Waals surface area contributed by atoms with Gasteiger partial charge in [0.25, 0.3) is 0 Å². The number of carbonyl (C=O) groups excluding carboxylic acids is 1. The highest BCUT2D eigenvalue weighted by molar-refractivity contribution is 5.89. The average Bonchev–Trinajstić information content (AvgIpc) is 3.20. The summed E-state index contributed by atoms with van der Waals surface area (Å²) in [5.74, 6) is 1.05. The van der Waals surface area contributed by atoms with Gasteiger partial charge in [-0.3, -0.25) is 4.79 Å². The molecule has 0 unspecified atom stereocenters. The summed E-state index contributed by atoms with van der Waals surface area (Å²) in [5.41, 5.74) is 5.34. The van der Waals surface area contributed by atoms with Gasteiger partial charge >= 0.3 is 0 Å². The Morgan fingerprint density at radius 3 is 2.68 bits per heavy atom. The van der Waals surface area contributed by atoms with Crippen LogP contribution in [0.3, 0.4) is 0 Å². The van der Waals surface area contributed by atoms with Crippen molar-refractivity contribution >= 4 is 11.7 Å². The highest BCUT2D eigenvalue weighted by Crippen LogP contribution is 2.32. The summed E-state index contributed by atoms with van der Waals surface area (Å²) in [6, 6.07) is 6.21. The highest BCUT2D eigenvalue weighted by Gasteiger charge is 2.46. The quantitative estimate of drug-likeness (QED) is 0.837. The first-order chi connectivity index (χ1) is 9.17. The van der Waals surface area contributed by atoms with Gasteiger partial charge in [0.2, 0.25) is 5.91 Å². The maximum atomic E-state index is 11.9. The first-order valence-electron chi connectivity index (χ1n) is 6.93. The standard InChI is InChI=1S/C14H20N4O/c15-14(6-7-14)13(19)17-11-4-9-18(10-5-11)12-3-1-2-8-16-12/h1-3,8,11H,4-7,9-10,15H2,(H,17,19). The molecule has 0 bridgehead atoms. The molecule has 0 spiro atoms. The summed E-state index contributed by atoms with van der Waals surface area (Å²) in [7, 11) is 0. The molecule has 1 saturated heterocycles. The molecule has 1 saturated carbocycles. The van der Waals surface area contributed by atoms with E-state index >= 15 is 0 Å². The summed E-state index contributed by atoms with van der Waals surface area (Å²) < 4.78 is 0. The van der Waals surface area contributed by atoms with Crippen LogP contribution in [0.25, 0.3) is 0 Å². The van der Waals surface area contributed by atoms with Gasteiger partial charge in [0, 0.05) is 25.3 Å². The van der Waals surface area contributed by atoms with Crippen molar-refractivity contribution < 1.29 is 4.79 Å². The number of hydrogen-bond acceptors (Lipinski definition) is 4. The number of nitrogens with one attached hydrogen (secondary N) is 1. The molecule has 1 aliphatic heterocycles. The minimum Gasteiger partial charge on any atom is -0.356 e. The Kier molecular flexibility index (Phi) is 3.14. The minimum atomic E-state index is -0.557. The Hall–Kier alpha value is -1.62. The molecule has 0 atom stereocenters. The molecule has 3 rings (SSSR count). The predicted molar refractivity (Wildman–Crippen MR) is 73.8 cm³/mol. The SMILES string of the molecule is NC1(C(=O)NC2CCN(c3ccccn3)CC2)CC1. The first kappa shape index (κ1) is 12.4. The molecule has 1 aromatic heterocycles. The Morgan fingerprint density at radius 2 is 2.11 bits per heavy atom. The number of pyridine rings is 1. The van der Waals surface area contributed by atoms with Gasteiger partial charge in [-0.05, 0) is 37.8 Å². The van der Waals surface area contributed by atoms with Gasteiger partial charge in [0.05, 0.1) is 5.54 Å². The van der Waals surface area contributed by atoms with E-state index in [4.69, 9.17) is 5.73 Å². The van der Waals surface area contributed by atoms with E-state index in [0.717, 1.165) is 44.6 Å². The number of nitrogens with two attached hydrogens (primary N) is 1. The third kappa shape index (κ3) is 2.71. The lowest BCUT2D eigenvalue weighted by Gasteiger charge is -2.33. The largest absolute Gasteiger partial charge is 0.356 e. The minimum absolute atomic E-state index is 0.0313. The zero-order valence-corrected chi connectivity index (χ0v) is 11.0. The van der Waals surface area contributed by atoms with Crippen LogP contribution in [-0.4, -0.2) is 35.6 Å². The van der Waals surface area contributed by atoms with Gasteiger partial charge in [0.15, 0.2) is 0 Å². The van der Waals surface area contributed by atoms with Crippen LogP contribution < -0.4 is 16.0 Å². The number of piperidine rings is 1. The molecule has 0 aromatic carbocycles. The molecule has 3 N–H and O–H groups in total. The number of hydrogen-bond donors (Lipinski definition) is 2. The normalized spacial score (nSPS) is 22.1. The molecule has 2 fully saturated rings. The van der Waals surface area contributed by atoms with Gasteiger partial charge in [0.1, 0.15) is 5.82 Å². The van der Waals surface area contributed by atoms with Crippen molar-refractivity contribution in [2.75, 3.05) is 18.0 Å². The van der Waals surface area contributed by atoms with Crippen molar-refractivity contribution in [3.63, 3.8) is 0 Å². The van der Waals surface area contributed by atoms with E-state index in [9.17, 15) is 4.79 Å². The second kappa shape index (κ2) is 4.81. The predicted octanol–water partition coefficient (Wildman–Crippen LogP) is 0.658.